The number of carbonyl (C=O) groups is 2. The average Bonchev–Trinajstić information content (AvgIpc) is 2.57. The quantitative estimate of drug-likeness (QED) is 0.841. The number of nitrogens with one attached hydrogen (secondary N) is 2. The van der Waals surface area contributed by atoms with E-state index in [2.05, 4.69) is 10.6 Å². The van der Waals surface area contributed by atoms with Gasteiger partial charge in [-0.2, -0.15) is 0 Å². The Morgan fingerprint density at radius 3 is 2.29 bits per heavy atom. The summed E-state index contributed by atoms with van der Waals surface area (Å²) in [5.41, 5.74) is 1.14. The number of ether oxygens (including phenoxy) is 1. The van der Waals surface area contributed by atoms with Crippen LogP contribution in [0, 0.1) is 0 Å². The van der Waals surface area contributed by atoms with E-state index in [1.54, 1.807) is 55.5 Å². The van der Waals surface area contributed by atoms with Gasteiger partial charge in [-0.1, -0.05) is 11.6 Å². The highest BCUT2D eigenvalue weighted by molar-refractivity contribution is 6.30. The molecule has 6 heteroatoms. The number of amides is 2. The van der Waals surface area contributed by atoms with Crippen LogP contribution in [-0.4, -0.2) is 24.5 Å². The van der Waals surface area contributed by atoms with E-state index in [0.717, 1.165) is 0 Å². The highest BCUT2D eigenvalue weighted by Crippen LogP contribution is 2.17. The van der Waals surface area contributed by atoms with Crippen LogP contribution < -0.4 is 15.4 Å². The number of halogens is 1. The molecular formula is C18H19ClN2O3. The summed E-state index contributed by atoms with van der Waals surface area (Å²) >= 11 is 5.81. The molecule has 2 aromatic rings. The second-order valence-corrected chi connectivity index (χ2v) is 5.58. The predicted molar refractivity (Wildman–Crippen MR) is 94.6 cm³/mol. The maximum Gasteiger partial charge on any atom is 0.265 e. The van der Waals surface area contributed by atoms with Crippen molar-refractivity contribution in [3.63, 3.8) is 0 Å². The largest absolute Gasteiger partial charge is 0.481 e. The van der Waals surface area contributed by atoms with Gasteiger partial charge in [-0.25, -0.2) is 0 Å². The maximum absolute atomic E-state index is 12.2. The number of anilines is 1. The molecular weight excluding hydrogens is 328 g/mol. The van der Waals surface area contributed by atoms with E-state index < -0.39 is 6.10 Å². The monoisotopic (exact) mass is 346 g/mol. The molecule has 5 nitrogen and oxygen atoms in total. The molecule has 1 atom stereocenters. The van der Waals surface area contributed by atoms with E-state index in [0.29, 0.717) is 28.6 Å². The fourth-order valence-corrected chi connectivity index (χ4v) is 2.11. The summed E-state index contributed by atoms with van der Waals surface area (Å²) < 4.78 is 5.56. The van der Waals surface area contributed by atoms with E-state index in [1.807, 2.05) is 6.92 Å². The minimum atomic E-state index is -0.672. The van der Waals surface area contributed by atoms with Crippen molar-refractivity contribution in [2.24, 2.45) is 0 Å². The van der Waals surface area contributed by atoms with Crippen LogP contribution in [-0.2, 0) is 4.79 Å². The number of hydrogen-bond acceptors (Lipinski definition) is 3. The van der Waals surface area contributed by atoms with Crippen molar-refractivity contribution in [1.29, 1.82) is 0 Å². The van der Waals surface area contributed by atoms with Crippen molar-refractivity contribution in [1.82, 2.24) is 5.32 Å². The molecule has 126 valence electrons. The lowest BCUT2D eigenvalue weighted by molar-refractivity contribution is -0.122. The normalized spacial score (nSPS) is 11.5. The molecule has 2 N–H and O–H groups in total. The first-order chi connectivity index (χ1) is 11.5. The Balaban J connectivity index is 1.93. The van der Waals surface area contributed by atoms with Gasteiger partial charge in [0.25, 0.3) is 11.8 Å². The highest BCUT2D eigenvalue weighted by Gasteiger charge is 2.15. The molecule has 0 saturated carbocycles. The predicted octanol–water partition coefficient (Wildman–Crippen LogP) is 3.50. The summed E-state index contributed by atoms with van der Waals surface area (Å²) in [4.78, 5) is 23.8. The van der Waals surface area contributed by atoms with E-state index in [1.165, 1.54) is 0 Å². The SMILES string of the molecule is CCNC(=O)c1ccc(NC(=O)C(C)Oc2ccc(Cl)cc2)cc1. The first kappa shape index (κ1) is 17.8. The standard InChI is InChI=1S/C18H19ClN2O3/c1-3-20-18(23)13-4-8-15(9-5-13)21-17(22)12(2)24-16-10-6-14(19)7-11-16/h4-12H,3H2,1-2H3,(H,20,23)(H,21,22). The Morgan fingerprint density at radius 1 is 1.08 bits per heavy atom. The van der Waals surface area contributed by atoms with Crippen LogP contribution in [0.1, 0.15) is 24.2 Å². The Morgan fingerprint density at radius 2 is 1.71 bits per heavy atom. The first-order valence-electron chi connectivity index (χ1n) is 7.61. The smallest absolute Gasteiger partial charge is 0.265 e. The number of carbonyl (C=O) groups excluding carboxylic acids is 2. The molecule has 1 unspecified atom stereocenters. The third-order valence-electron chi connectivity index (χ3n) is 3.25. The summed E-state index contributed by atoms with van der Waals surface area (Å²) in [6.45, 7) is 4.08. The first-order valence-corrected chi connectivity index (χ1v) is 7.98. The average molecular weight is 347 g/mol. The summed E-state index contributed by atoms with van der Waals surface area (Å²) in [6, 6.07) is 13.5. The van der Waals surface area contributed by atoms with Gasteiger partial charge in [0.15, 0.2) is 6.10 Å². The summed E-state index contributed by atoms with van der Waals surface area (Å²) in [5.74, 6) is 0.138. The summed E-state index contributed by atoms with van der Waals surface area (Å²) in [7, 11) is 0. The van der Waals surface area contributed by atoms with Gasteiger partial charge in [-0.05, 0) is 62.4 Å². The van der Waals surface area contributed by atoms with Gasteiger partial charge in [0, 0.05) is 22.8 Å². The van der Waals surface area contributed by atoms with E-state index in [9.17, 15) is 9.59 Å². The maximum atomic E-state index is 12.2. The van der Waals surface area contributed by atoms with Gasteiger partial charge in [-0.15, -0.1) is 0 Å². The van der Waals surface area contributed by atoms with Crippen LogP contribution in [0.15, 0.2) is 48.5 Å². The second kappa shape index (κ2) is 8.36. The van der Waals surface area contributed by atoms with Crippen molar-refractivity contribution in [2.45, 2.75) is 20.0 Å². The van der Waals surface area contributed by atoms with Crippen molar-refractivity contribution < 1.29 is 14.3 Å². The molecule has 2 amide bonds. The molecule has 0 bridgehead atoms. The highest BCUT2D eigenvalue weighted by atomic mass is 35.5. The lowest BCUT2D eigenvalue weighted by Crippen LogP contribution is -2.30. The minimum Gasteiger partial charge on any atom is -0.481 e. The minimum absolute atomic E-state index is 0.144. The third-order valence-corrected chi connectivity index (χ3v) is 3.50. The fourth-order valence-electron chi connectivity index (χ4n) is 1.98. The molecule has 0 aliphatic carbocycles. The van der Waals surface area contributed by atoms with E-state index in [-0.39, 0.29) is 11.8 Å². The molecule has 0 saturated heterocycles. The summed E-state index contributed by atoms with van der Waals surface area (Å²) in [6.07, 6.45) is -0.672. The zero-order valence-electron chi connectivity index (χ0n) is 13.5. The van der Waals surface area contributed by atoms with Crippen LogP contribution in [0.2, 0.25) is 5.02 Å². The van der Waals surface area contributed by atoms with Crippen LogP contribution in [0.5, 0.6) is 5.75 Å². The number of rotatable bonds is 6. The lowest BCUT2D eigenvalue weighted by atomic mass is 10.2. The van der Waals surface area contributed by atoms with Gasteiger partial charge in [-0.3, -0.25) is 9.59 Å². The molecule has 0 aliphatic heterocycles. The zero-order valence-corrected chi connectivity index (χ0v) is 14.3. The van der Waals surface area contributed by atoms with E-state index in [4.69, 9.17) is 16.3 Å². The zero-order chi connectivity index (χ0) is 17.5. The van der Waals surface area contributed by atoms with Crippen molar-refractivity contribution in [2.75, 3.05) is 11.9 Å². The second-order valence-electron chi connectivity index (χ2n) is 5.14. The molecule has 0 spiro atoms. The van der Waals surface area contributed by atoms with Crippen molar-refractivity contribution in [3.8, 4) is 5.75 Å². The third kappa shape index (κ3) is 4.99. The van der Waals surface area contributed by atoms with Crippen LogP contribution in [0.3, 0.4) is 0 Å². The van der Waals surface area contributed by atoms with Gasteiger partial charge < -0.3 is 15.4 Å². The molecule has 0 radical (unpaired) electrons. The Bertz CT molecular complexity index is 699. The number of hydrogen-bond donors (Lipinski definition) is 2. The van der Waals surface area contributed by atoms with Gasteiger partial charge in [0.1, 0.15) is 5.75 Å². The topological polar surface area (TPSA) is 67.4 Å². The van der Waals surface area contributed by atoms with Crippen LogP contribution >= 0.6 is 11.6 Å². The molecule has 2 aromatic carbocycles. The number of benzene rings is 2. The molecule has 0 aromatic heterocycles. The van der Waals surface area contributed by atoms with Crippen molar-refractivity contribution >= 4 is 29.1 Å². The van der Waals surface area contributed by atoms with Gasteiger partial charge in [0.2, 0.25) is 0 Å². The molecule has 0 fully saturated rings. The van der Waals surface area contributed by atoms with E-state index >= 15 is 0 Å². The molecule has 2 rings (SSSR count). The Labute approximate surface area is 146 Å². The molecule has 0 aliphatic rings. The fraction of sp³-hybridized carbons (Fsp3) is 0.222. The lowest BCUT2D eigenvalue weighted by Gasteiger charge is -2.15. The summed E-state index contributed by atoms with van der Waals surface area (Å²) in [5, 5.41) is 6.07. The Hall–Kier alpha value is -2.53. The van der Waals surface area contributed by atoms with Crippen LogP contribution in [0.25, 0.3) is 0 Å². The van der Waals surface area contributed by atoms with Gasteiger partial charge in [0.05, 0.1) is 0 Å². The van der Waals surface area contributed by atoms with Gasteiger partial charge >= 0.3 is 0 Å². The van der Waals surface area contributed by atoms with Crippen LogP contribution in [0.4, 0.5) is 5.69 Å². The Kier molecular flexibility index (Phi) is 6.21. The molecule has 24 heavy (non-hydrogen) atoms. The molecule has 0 heterocycles. The van der Waals surface area contributed by atoms with Crippen molar-refractivity contribution in [3.05, 3.63) is 59.1 Å².